The number of benzene rings is 1. The number of rotatable bonds is 2. The van der Waals surface area contributed by atoms with Crippen molar-refractivity contribution >= 4 is 28.9 Å². The van der Waals surface area contributed by atoms with E-state index in [0.29, 0.717) is 11.1 Å². The number of thiophene rings is 1. The first-order valence-electron chi connectivity index (χ1n) is 6.15. The topological polar surface area (TPSA) is 17.1 Å². The van der Waals surface area contributed by atoms with Crippen LogP contribution in [0.25, 0.3) is 0 Å². The predicted molar refractivity (Wildman–Crippen MR) is 78.8 cm³/mol. The van der Waals surface area contributed by atoms with Crippen molar-refractivity contribution in [3.8, 4) is 0 Å². The van der Waals surface area contributed by atoms with Crippen LogP contribution in [0.1, 0.15) is 31.2 Å². The lowest BCUT2D eigenvalue weighted by Gasteiger charge is -2.08. The highest BCUT2D eigenvalue weighted by Gasteiger charge is 2.19. The summed E-state index contributed by atoms with van der Waals surface area (Å²) in [7, 11) is 0. The fourth-order valence-electron chi connectivity index (χ4n) is 2.14. The molecule has 0 unspecified atom stereocenters. The van der Waals surface area contributed by atoms with Crippen LogP contribution >= 0.6 is 23.1 Å². The molecule has 4 heteroatoms. The van der Waals surface area contributed by atoms with Crippen LogP contribution in [-0.4, -0.2) is 11.5 Å². The van der Waals surface area contributed by atoms with Gasteiger partial charge in [0.25, 0.3) is 0 Å². The molecule has 0 N–H and O–H groups in total. The van der Waals surface area contributed by atoms with Gasteiger partial charge in [0.05, 0.1) is 4.88 Å². The Morgan fingerprint density at radius 3 is 2.89 bits per heavy atom. The number of carbonyl (C=O) groups is 1. The van der Waals surface area contributed by atoms with E-state index in [2.05, 4.69) is 0 Å². The van der Waals surface area contributed by atoms with E-state index in [1.54, 1.807) is 30.4 Å². The maximum absolute atomic E-state index is 13.5. The molecule has 0 fully saturated rings. The van der Waals surface area contributed by atoms with Crippen LogP contribution in [-0.2, 0) is 12.2 Å². The van der Waals surface area contributed by atoms with Gasteiger partial charge in [-0.2, -0.15) is 11.8 Å². The van der Waals surface area contributed by atoms with E-state index in [9.17, 15) is 9.18 Å². The van der Waals surface area contributed by atoms with Crippen LogP contribution in [0.4, 0.5) is 4.39 Å². The third kappa shape index (κ3) is 2.47. The standard InChI is InChI=1S/C15H13FOS2/c1-9-2-3-10(6-12(9)16)15(17)14-7-11-8-18-5-4-13(11)19-14/h2-3,6-7H,4-5,8H2,1H3. The first kappa shape index (κ1) is 12.9. The van der Waals surface area contributed by atoms with Crippen LogP contribution in [0.2, 0.25) is 0 Å². The third-order valence-corrected chi connectivity index (χ3v) is 5.53. The summed E-state index contributed by atoms with van der Waals surface area (Å²) < 4.78 is 13.5. The van der Waals surface area contributed by atoms with Gasteiger partial charge < -0.3 is 0 Å². The highest BCUT2D eigenvalue weighted by atomic mass is 32.2. The van der Waals surface area contributed by atoms with Crippen LogP contribution in [0, 0.1) is 12.7 Å². The second-order valence-electron chi connectivity index (χ2n) is 4.65. The zero-order chi connectivity index (χ0) is 13.4. The fourth-order valence-corrected chi connectivity index (χ4v) is 4.47. The number of carbonyl (C=O) groups excluding carboxylic acids is 1. The van der Waals surface area contributed by atoms with Crippen molar-refractivity contribution in [3.63, 3.8) is 0 Å². The molecule has 0 radical (unpaired) electrons. The molecular formula is C15H13FOS2. The van der Waals surface area contributed by atoms with Crippen molar-refractivity contribution in [2.24, 2.45) is 0 Å². The van der Waals surface area contributed by atoms with E-state index >= 15 is 0 Å². The molecule has 98 valence electrons. The normalized spacial score (nSPS) is 14.2. The molecule has 2 heterocycles. The monoisotopic (exact) mass is 292 g/mol. The number of halogens is 1. The Labute approximate surface area is 119 Å². The van der Waals surface area contributed by atoms with E-state index < -0.39 is 0 Å². The molecule has 0 bridgehead atoms. The quantitative estimate of drug-likeness (QED) is 0.771. The Balaban J connectivity index is 1.95. The zero-order valence-electron chi connectivity index (χ0n) is 10.5. The van der Waals surface area contributed by atoms with Crippen LogP contribution in [0.15, 0.2) is 24.3 Å². The first-order valence-corrected chi connectivity index (χ1v) is 8.12. The maximum atomic E-state index is 13.5. The van der Waals surface area contributed by atoms with Crippen molar-refractivity contribution in [2.45, 2.75) is 19.1 Å². The minimum atomic E-state index is -0.317. The molecule has 0 spiro atoms. The molecule has 0 saturated heterocycles. The van der Waals surface area contributed by atoms with Gasteiger partial charge in [-0.05, 0) is 42.4 Å². The van der Waals surface area contributed by atoms with Gasteiger partial charge >= 0.3 is 0 Å². The van der Waals surface area contributed by atoms with Gasteiger partial charge in [-0.1, -0.05) is 12.1 Å². The Hall–Kier alpha value is -1.13. The average Bonchev–Trinajstić information content (AvgIpc) is 2.85. The van der Waals surface area contributed by atoms with E-state index in [0.717, 1.165) is 22.8 Å². The molecule has 1 aromatic heterocycles. The number of hydrogen-bond donors (Lipinski definition) is 0. The molecule has 1 aliphatic heterocycles. The maximum Gasteiger partial charge on any atom is 0.203 e. The number of hydrogen-bond acceptors (Lipinski definition) is 3. The molecule has 0 aliphatic carbocycles. The van der Waals surface area contributed by atoms with E-state index in [1.807, 2.05) is 17.8 Å². The smallest absolute Gasteiger partial charge is 0.203 e. The first-order chi connectivity index (χ1) is 9.15. The Bertz CT molecular complexity index is 622. The van der Waals surface area contributed by atoms with Gasteiger partial charge in [0, 0.05) is 16.2 Å². The summed E-state index contributed by atoms with van der Waals surface area (Å²) in [5.41, 5.74) is 2.28. The van der Waals surface area contributed by atoms with E-state index in [-0.39, 0.29) is 11.6 Å². The number of aryl methyl sites for hydroxylation is 2. The van der Waals surface area contributed by atoms with Crippen LogP contribution in [0.5, 0.6) is 0 Å². The zero-order valence-corrected chi connectivity index (χ0v) is 12.2. The van der Waals surface area contributed by atoms with Crippen molar-refractivity contribution in [2.75, 3.05) is 5.75 Å². The lowest BCUT2D eigenvalue weighted by atomic mass is 10.1. The lowest BCUT2D eigenvalue weighted by Crippen LogP contribution is -2.00. The molecule has 0 saturated carbocycles. The molecule has 1 nitrogen and oxygen atoms in total. The van der Waals surface area contributed by atoms with Gasteiger partial charge in [0.15, 0.2) is 0 Å². The lowest BCUT2D eigenvalue weighted by molar-refractivity contribution is 0.104. The third-order valence-electron chi connectivity index (χ3n) is 3.29. The number of ketones is 1. The van der Waals surface area contributed by atoms with Crippen molar-refractivity contribution in [1.29, 1.82) is 0 Å². The molecule has 0 atom stereocenters. The summed E-state index contributed by atoms with van der Waals surface area (Å²) in [5.74, 6) is 1.73. The van der Waals surface area contributed by atoms with Crippen LogP contribution < -0.4 is 0 Å². The number of thioether (sulfide) groups is 1. The van der Waals surface area contributed by atoms with Crippen molar-refractivity contribution in [1.82, 2.24) is 0 Å². The van der Waals surface area contributed by atoms with E-state index in [4.69, 9.17) is 0 Å². The largest absolute Gasteiger partial charge is 0.288 e. The van der Waals surface area contributed by atoms with E-state index in [1.165, 1.54) is 16.5 Å². The Kier molecular flexibility index (Phi) is 3.46. The van der Waals surface area contributed by atoms with Gasteiger partial charge in [-0.3, -0.25) is 4.79 Å². The minimum Gasteiger partial charge on any atom is -0.288 e. The van der Waals surface area contributed by atoms with Gasteiger partial charge in [0.2, 0.25) is 5.78 Å². The summed E-state index contributed by atoms with van der Waals surface area (Å²) in [4.78, 5) is 14.4. The second-order valence-corrected chi connectivity index (χ2v) is 6.90. The summed E-state index contributed by atoms with van der Waals surface area (Å²) >= 11 is 3.46. The predicted octanol–water partition coefficient (Wildman–Crippen LogP) is 4.22. The average molecular weight is 292 g/mol. The van der Waals surface area contributed by atoms with Gasteiger partial charge in [-0.15, -0.1) is 11.3 Å². The number of fused-ring (bicyclic) bond motifs is 1. The van der Waals surface area contributed by atoms with Gasteiger partial charge in [0.1, 0.15) is 5.82 Å². The summed E-state index contributed by atoms with van der Waals surface area (Å²) in [5, 5.41) is 0. The van der Waals surface area contributed by atoms with Crippen molar-refractivity contribution < 1.29 is 9.18 Å². The molecule has 19 heavy (non-hydrogen) atoms. The minimum absolute atomic E-state index is 0.0664. The van der Waals surface area contributed by atoms with Gasteiger partial charge in [-0.25, -0.2) is 4.39 Å². The molecule has 3 rings (SSSR count). The summed E-state index contributed by atoms with van der Waals surface area (Å²) in [6, 6.07) is 6.68. The Morgan fingerprint density at radius 2 is 2.16 bits per heavy atom. The molecule has 1 aliphatic rings. The summed E-state index contributed by atoms with van der Waals surface area (Å²) in [6.07, 6.45) is 1.04. The van der Waals surface area contributed by atoms with Crippen molar-refractivity contribution in [3.05, 3.63) is 56.5 Å². The summed E-state index contributed by atoms with van der Waals surface area (Å²) in [6.45, 7) is 1.70. The molecular weight excluding hydrogens is 279 g/mol. The van der Waals surface area contributed by atoms with Crippen LogP contribution in [0.3, 0.4) is 0 Å². The SMILES string of the molecule is Cc1ccc(C(=O)c2cc3c(s2)CCSC3)cc1F. The highest BCUT2D eigenvalue weighted by Crippen LogP contribution is 2.32. The second kappa shape index (κ2) is 5.10. The molecule has 0 amide bonds. The molecule has 2 aromatic rings. The molecule has 1 aromatic carbocycles. The highest BCUT2D eigenvalue weighted by molar-refractivity contribution is 7.98. The fraction of sp³-hybridized carbons (Fsp3) is 0.267. The Morgan fingerprint density at radius 1 is 1.32 bits per heavy atom.